The fourth-order valence-electron chi connectivity index (χ4n) is 2.27. The Morgan fingerprint density at radius 1 is 1.09 bits per heavy atom. The molecule has 0 saturated carbocycles. The van der Waals surface area contributed by atoms with Crippen LogP contribution in [-0.2, 0) is 4.79 Å². The number of thioether (sulfide) groups is 1. The van der Waals surface area contributed by atoms with Crippen molar-refractivity contribution < 1.29 is 4.79 Å². The van der Waals surface area contributed by atoms with Crippen LogP contribution in [0.2, 0.25) is 0 Å². The van der Waals surface area contributed by atoms with Gasteiger partial charge in [-0.3, -0.25) is 9.36 Å². The van der Waals surface area contributed by atoms with E-state index in [2.05, 4.69) is 9.55 Å². The Bertz CT molecular complexity index is 800. The normalized spacial score (nSPS) is 12.0. The van der Waals surface area contributed by atoms with Crippen LogP contribution < -0.4 is 5.73 Å². The third kappa shape index (κ3) is 3.29. The van der Waals surface area contributed by atoms with Gasteiger partial charge in [-0.2, -0.15) is 0 Å². The molecule has 4 nitrogen and oxygen atoms in total. The quantitative estimate of drug-likeness (QED) is 0.731. The summed E-state index contributed by atoms with van der Waals surface area (Å²) in [4.78, 5) is 15.9. The number of primary amides is 1. The molecule has 1 atom stereocenters. The highest BCUT2D eigenvalue weighted by atomic mass is 32.2. The standard InChI is InChI=1S/C18H17N3OS/c1-13(17(19)22)23-18-20-12-16(14-8-4-2-5-9-14)21(18)15-10-6-3-7-11-15/h2-13H,1H3,(H2,19,22)/t13-/m1/s1. The van der Waals surface area contributed by atoms with Gasteiger partial charge >= 0.3 is 0 Å². The maximum absolute atomic E-state index is 11.4. The fraction of sp³-hybridized carbons (Fsp3) is 0.111. The van der Waals surface area contributed by atoms with E-state index in [4.69, 9.17) is 5.73 Å². The Morgan fingerprint density at radius 3 is 2.30 bits per heavy atom. The summed E-state index contributed by atoms with van der Waals surface area (Å²) in [6.45, 7) is 1.79. The number of nitrogens with zero attached hydrogens (tertiary/aromatic N) is 2. The minimum atomic E-state index is -0.348. The maximum atomic E-state index is 11.4. The molecule has 3 aromatic rings. The highest BCUT2D eigenvalue weighted by molar-refractivity contribution is 8.00. The molecule has 23 heavy (non-hydrogen) atoms. The monoisotopic (exact) mass is 323 g/mol. The molecule has 0 fully saturated rings. The van der Waals surface area contributed by atoms with Crippen molar-refractivity contribution in [3.8, 4) is 16.9 Å². The number of carbonyl (C=O) groups excluding carboxylic acids is 1. The van der Waals surface area contributed by atoms with Crippen molar-refractivity contribution in [2.45, 2.75) is 17.3 Å². The molecule has 0 spiro atoms. The molecule has 0 aliphatic heterocycles. The van der Waals surface area contributed by atoms with E-state index in [1.807, 2.05) is 66.9 Å². The van der Waals surface area contributed by atoms with Gasteiger partial charge in [-0.05, 0) is 19.1 Å². The smallest absolute Gasteiger partial charge is 0.230 e. The van der Waals surface area contributed by atoms with Crippen LogP contribution in [-0.4, -0.2) is 20.7 Å². The zero-order chi connectivity index (χ0) is 16.2. The van der Waals surface area contributed by atoms with E-state index in [0.717, 1.165) is 22.1 Å². The SMILES string of the molecule is C[C@@H](Sc1ncc(-c2ccccc2)n1-c1ccccc1)C(N)=O. The molecule has 0 aliphatic carbocycles. The fourth-order valence-corrected chi connectivity index (χ4v) is 3.13. The molecule has 5 heteroatoms. The third-order valence-electron chi connectivity index (χ3n) is 3.50. The number of rotatable bonds is 5. The molecule has 2 aromatic carbocycles. The van der Waals surface area contributed by atoms with Gasteiger partial charge in [-0.1, -0.05) is 60.3 Å². The van der Waals surface area contributed by atoms with Crippen LogP contribution in [0.5, 0.6) is 0 Å². The van der Waals surface area contributed by atoms with E-state index in [-0.39, 0.29) is 11.2 Å². The predicted octanol–water partition coefficient (Wildman–Crippen LogP) is 3.51. The average molecular weight is 323 g/mol. The largest absolute Gasteiger partial charge is 0.369 e. The van der Waals surface area contributed by atoms with Crippen molar-refractivity contribution in [1.29, 1.82) is 0 Å². The Hall–Kier alpha value is -2.53. The summed E-state index contributed by atoms with van der Waals surface area (Å²) in [7, 11) is 0. The van der Waals surface area contributed by atoms with E-state index in [9.17, 15) is 4.79 Å². The first-order valence-corrected chi connectivity index (χ1v) is 8.19. The molecule has 1 heterocycles. The molecule has 1 amide bonds. The summed E-state index contributed by atoms with van der Waals surface area (Å²) < 4.78 is 2.06. The second-order valence-corrected chi connectivity index (χ2v) is 6.43. The summed E-state index contributed by atoms with van der Waals surface area (Å²) in [5.41, 5.74) is 8.45. The van der Waals surface area contributed by atoms with Gasteiger partial charge in [0.05, 0.1) is 17.1 Å². The van der Waals surface area contributed by atoms with Gasteiger partial charge in [0.1, 0.15) is 0 Å². The first-order valence-electron chi connectivity index (χ1n) is 7.31. The highest BCUT2D eigenvalue weighted by Gasteiger charge is 2.18. The van der Waals surface area contributed by atoms with Crippen LogP contribution in [0.3, 0.4) is 0 Å². The number of nitrogens with two attached hydrogens (primary N) is 1. The minimum Gasteiger partial charge on any atom is -0.369 e. The molecular weight excluding hydrogens is 306 g/mol. The first-order chi connectivity index (χ1) is 11.2. The number of hydrogen-bond donors (Lipinski definition) is 1. The summed E-state index contributed by atoms with van der Waals surface area (Å²) in [5.74, 6) is -0.348. The number of hydrogen-bond acceptors (Lipinski definition) is 3. The Labute approximate surface area is 139 Å². The molecule has 0 unspecified atom stereocenters. The van der Waals surface area contributed by atoms with E-state index >= 15 is 0 Å². The molecule has 2 N–H and O–H groups in total. The first kappa shape index (κ1) is 15.4. The van der Waals surface area contributed by atoms with Crippen molar-refractivity contribution in [1.82, 2.24) is 9.55 Å². The maximum Gasteiger partial charge on any atom is 0.230 e. The number of amides is 1. The van der Waals surface area contributed by atoms with E-state index in [1.165, 1.54) is 11.8 Å². The van der Waals surface area contributed by atoms with Crippen LogP contribution in [0.4, 0.5) is 0 Å². The van der Waals surface area contributed by atoms with E-state index in [1.54, 1.807) is 6.92 Å². The molecule has 0 saturated heterocycles. The Kier molecular flexibility index (Phi) is 4.48. The second kappa shape index (κ2) is 6.71. The lowest BCUT2D eigenvalue weighted by atomic mass is 10.1. The van der Waals surface area contributed by atoms with Gasteiger partial charge in [0.15, 0.2) is 5.16 Å². The summed E-state index contributed by atoms with van der Waals surface area (Å²) in [6.07, 6.45) is 1.83. The van der Waals surface area contributed by atoms with Gasteiger partial charge in [0.2, 0.25) is 5.91 Å². The molecule has 1 aromatic heterocycles. The van der Waals surface area contributed by atoms with Crippen molar-refractivity contribution in [3.63, 3.8) is 0 Å². The average Bonchev–Trinajstić information content (AvgIpc) is 3.00. The van der Waals surface area contributed by atoms with Crippen LogP contribution in [0.15, 0.2) is 72.0 Å². The lowest BCUT2D eigenvalue weighted by molar-refractivity contribution is -0.117. The number of carbonyl (C=O) groups is 1. The van der Waals surface area contributed by atoms with Gasteiger partial charge in [0.25, 0.3) is 0 Å². The third-order valence-corrected chi connectivity index (χ3v) is 4.58. The van der Waals surface area contributed by atoms with E-state index in [0.29, 0.717) is 0 Å². The minimum absolute atomic E-state index is 0.344. The van der Waals surface area contributed by atoms with Crippen LogP contribution >= 0.6 is 11.8 Å². The number of benzene rings is 2. The van der Waals surface area contributed by atoms with Crippen LogP contribution in [0.1, 0.15) is 6.92 Å². The predicted molar refractivity (Wildman–Crippen MR) is 93.5 cm³/mol. The van der Waals surface area contributed by atoms with Crippen LogP contribution in [0, 0.1) is 0 Å². The molecule has 116 valence electrons. The van der Waals surface area contributed by atoms with Crippen LogP contribution in [0.25, 0.3) is 16.9 Å². The Balaban J connectivity index is 2.11. The molecule has 0 aliphatic rings. The topological polar surface area (TPSA) is 60.9 Å². The lowest BCUT2D eigenvalue weighted by Gasteiger charge is -2.13. The van der Waals surface area contributed by atoms with Gasteiger partial charge in [-0.15, -0.1) is 0 Å². The lowest BCUT2D eigenvalue weighted by Crippen LogP contribution is -2.23. The summed E-state index contributed by atoms with van der Waals surface area (Å²) >= 11 is 1.37. The van der Waals surface area contributed by atoms with Gasteiger partial charge in [0, 0.05) is 11.3 Å². The number of aromatic nitrogens is 2. The number of imidazole rings is 1. The Morgan fingerprint density at radius 2 is 1.70 bits per heavy atom. The van der Waals surface area contributed by atoms with Crippen molar-refractivity contribution in [3.05, 3.63) is 66.9 Å². The summed E-state index contributed by atoms with van der Waals surface area (Å²) in [5, 5.41) is 0.407. The van der Waals surface area contributed by atoms with Crippen molar-refractivity contribution in [2.75, 3.05) is 0 Å². The van der Waals surface area contributed by atoms with Gasteiger partial charge in [-0.25, -0.2) is 4.98 Å². The van der Waals surface area contributed by atoms with E-state index < -0.39 is 0 Å². The molecular formula is C18H17N3OS. The second-order valence-electron chi connectivity index (χ2n) is 5.13. The van der Waals surface area contributed by atoms with Gasteiger partial charge < -0.3 is 5.73 Å². The molecule has 3 rings (SSSR count). The highest BCUT2D eigenvalue weighted by Crippen LogP contribution is 2.31. The van der Waals surface area contributed by atoms with Crippen molar-refractivity contribution >= 4 is 17.7 Å². The molecule has 0 bridgehead atoms. The van der Waals surface area contributed by atoms with Crippen molar-refractivity contribution in [2.24, 2.45) is 5.73 Å². The number of para-hydroxylation sites is 1. The molecule has 0 radical (unpaired) electrons. The zero-order valence-corrected chi connectivity index (χ0v) is 13.5. The summed E-state index contributed by atoms with van der Waals surface area (Å²) in [6, 6.07) is 20.0. The zero-order valence-electron chi connectivity index (χ0n) is 12.7.